The summed E-state index contributed by atoms with van der Waals surface area (Å²) in [5, 5.41) is 2.59. The van der Waals surface area contributed by atoms with Crippen LogP contribution < -0.4 is 10.0 Å². The number of anilines is 1. The van der Waals surface area contributed by atoms with Crippen molar-refractivity contribution >= 4 is 50.3 Å². The summed E-state index contributed by atoms with van der Waals surface area (Å²) < 4.78 is 21.2. The highest BCUT2D eigenvalue weighted by Crippen LogP contribution is 2.34. The Bertz CT molecular complexity index is 773. The van der Waals surface area contributed by atoms with Crippen molar-refractivity contribution in [3.8, 4) is 10.4 Å². The molecule has 1 aromatic carbocycles. The summed E-state index contributed by atoms with van der Waals surface area (Å²) in [5.74, 6) is 0. The van der Waals surface area contributed by atoms with Gasteiger partial charge in [-0.15, -0.1) is 11.3 Å². The van der Waals surface area contributed by atoms with Gasteiger partial charge in [-0.3, -0.25) is 4.79 Å². The number of methoxy groups -OCH3 is 1. The van der Waals surface area contributed by atoms with Gasteiger partial charge in [-0.25, -0.2) is 13.9 Å². The second-order valence-electron chi connectivity index (χ2n) is 6.86. The number of halogens is 1. The van der Waals surface area contributed by atoms with Crippen LogP contribution >= 0.6 is 27.3 Å². The van der Waals surface area contributed by atoms with Gasteiger partial charge in [0, 0.05) is 30.1 Å². The lowest BCUT2D eigenvalue weighted by molar-refractivity contribution is -0.105. The van der Waals surface area contributed by atoms with E-state index >= 15 is 0 Å². The van der Waals surface area contributed by atoms with Crippen molar-refractivity contribution < 1.29 is 13.7 Å². The van der Waals surface area contributed by atoms with Gasteiger partial charge in [0.2, 0.25) is 6.41 Å². The van der Waals surface area contributed by atoms with E-state index in [0.717, 1.165) is 14.4 Å². The summed E-state index contributed by atoms with van der Waals surface area (Å²) in [6.45, 7) is 9.84. The zero-order valence-electron chi connectivity index (χ0n) is 16.3. The molecule has 1 heterocycles. The molecule has 1 unspecified atom stereocenters. The van der Waals surface area contributed by atoms with Crippen LogP contribution in [0, 0.1) is 0 Å². The highest BCUT2D eigenvalue weighted by atomic mass is 79.9. The second kappa shape index (κ2) is 11.0. The van der Waals surface area contributed by atoms with Gasteiger partial charge >= 0.3 is 0 Å². The highest BCUT2D eigenvalue weighted by molar-refractivity contribution is 9.11. The van der Waals surface area contributed by atoms with Gasteiger partial charge in [-0.05, 0) is 62.7 Å². The molecule has 9 heteroatoms. The molecule has 2 rings (SSSR count). The van der Waals surface area contributed by atoms with Crippen LogP contribution in [0.3, 0.4) is 0 Å². The molecule has 0 radical (unpaired) electrons. The molecule has 6 nitrogen and oxygen atoms in total. The molecule has 2 aromatic rings. The molecule has 0 aliphatic rings. The first-order chi connectivity index (χ1) is 12.6. The van der Waals surface area contributed by atoms with E-state index in [1.54, 1.807) is 25.4 Å². The van der Waals surface area contributed by atoms with E-state index in [-0.39, 0.29) is 5.54 Å². The van der Waals surface area contributed by atoms with Crippen molar-refractivity contribution in [2.45, 2.75) is 51.2 Å². The number of rotatable bonds is 6. The molecule has 0 saturated heterocycles. The molecular weight excluding hydrogens is 450 g/mol. The zero-order valence-corrected chi connectivity index (χ0v) is 19.5. The Morgan fingerprint density at radius 1 is 1.33 bits per heavy atom. The molecular formula is C18H26BrN3O3S2. The first kappa shape index (κ1) is 23.9. The third kappa shape index (κ3) is 8.61. The van der Waals surface area contributed by atoms with Gasteiger partial charge in [0.15, 0.2) is 3.92 Å². The summed E-state index contributed by atoms with van der Waals surface area (Å²) in [5.41, 5.74) is 1.13. The topological polar surface area (TPSA) is 80.3 Å². The minimum Gasteiger partial charge on any atom is -0.382 e. The Kier molecular flexibility index (Phi) is 9.75. The maximum atomic E-state index is 12.7. The first-order valence-electron chi connectivity index (χ1n) is 8.25. The standard InChI is InChI=1S/C14H16BrN3O2S2.C4H10O/c1-14(2,3)18-22(20)12-6-9(17-8-19)4-5-10(12)11-7-16-13(15)21-11;1-4(2)5-3/h4-8,18H,1-3H3,(H,17,19);4H,1-3H3. The average molecular weight is 476 g/mol. The Labute approximate surface area is 175 Å². The lowest BCUT2D eigenvalue weighted by Crippen LogP contribution is -2.37. The Balaban J connectivity index is 0.000000646. The number of nitrogens with zero attached hydrogens (tertiary/aromatic N) is 1. The largest absolute Gasteiger partial charge is 0.382 e. The van der Waals surface area contributed by atoms with Crippen LogP contribution in [0.2, 0.25) is 0 Å². The molecule has 0 saturated carbocycles. The maximum Gasteiger partial charge on any atom is 0.211 e. The molecule has 1 amide bonds. The lowest BCUT2D eigenvalue weighted by Gasteiger charge is -2.20. The summed E-state index contributed by atoms with van der Waals surface area (Å²) in [7, 11) is 0.287. The Morgan fingerprint density at radius 3 is 2.41 bits per heavy atom. The fourth-order valence-corrected chi connectivity index (χ4v) is 4.40. The normalized spacial score (nSPS) is 12.3. The van der Waals surface area contributed by atoms with Crippen molar-refractivity contribution in [3.05, 3.63) is 28.3 Å². The van der Waals surface area contributed by atoms with Crippen molar-refractivity contribution in [3.63, 3.8) is 0 Å². The molecule has 0 aliphatic heterocycles. The number of hydrogen-bond donors (Lipinski definition) is 2. The molecule has 27 heavy (non-hydrogen) atoms. The molecule has 1 aromatic heterocycles. The van der Waals surface area contributed by atoms with E-state index in [0.29, 0.717) is 23.1 Å². The monoisotopic (exact) mass is 475 g/mol. The third-order valence-electron chi connectivity index (χ3n) is 3.02. The van der Waals surface area contributed by atoms with Crippen molar-refractivity contribution in [1.82, 2.24) is 9.71 Å². The summed E-state index contributed by atoms with van der Waals surface area (Å²) in [6, 6.07) is 5.32. The van der Waals surface area contributed by atoms with Gasteiger partial charge in [-0.1, -0.05) is 6.07 Å². The second-order valence-corrected chi connectivity index (χ2v) is 10.3. The highest BCUT2D eigenvalue weighted by Gasteiger charge is 2.19. The van der Waals surface area contributed by atoms with E-state index < -0.39 is 11.0 Å². The number of nitrogens with one attached hydrogen (secondary N) is 2. The number of carbonyl (C=O) groups is 1. The molecule has 0 spiro atoms. The minimum atomic E-state index is -1.41. The van der Waals surface area contributed by atoms with Gasteiger partial charge in [0.1, 0.15) is 11.0 Å². The third-order valence-corrected chi connectivity index (χ3v) is 6.06. The number of benzene rings is 1. The maximum absolute atomic E-state index is 12.7. The molecule has 150 valence electrons. The van der Waals surface area contributed by atoms with Crippen LogP contribution in [-0.4, -0.2) is 34.4 Å². The SMILES string of the molecule is CC(C)(C)NS(=O)c1cc(NC=O)ccc1-c1cnc(Br)s1.COC(C)C. The van der Waals surface area contributed by atoms with Crippen LogP contribution in [0.25, 0.3) is 10.4 Å². The predicted molar refractivity (Wildman–Crippen MR) is 116 cm³/mol. The van der Waals surface area contributed by atoms with Crippen LogP contribution in [0.4, 0.5) is 5.69 Å². The lowest BCUT2D eigenvalue weighted by atomic mass is 10.1. The van der Waals surface area contributed by atoms with Crippen molar-refractivity contribution in [2.24, 2.45) is 0 Å². The van der Waals surface area contributed by atoms with Crippen LogP contribution in [-0.2, 0) is 20.5 Å². The van der Waals surface area contributed by atoms with E-state index in [1.807, 2.05) is 40.7 Å². The van der Waals surface area contributed by atoms with E-state index in [9.17, 15) is 9.00 Å². The molecule has 0 aliphatic carbocycles. The average Bonchev–Trinajstić information content (AvgIpc) is 3.00. The van der Waals surface area contributed by atoms with Crippen LogP contribution in [0.1, 0.15) is 34.6 Å². The Morgan fingerprint density at radius 2 is 1.96 bits per heavy atom. The summed E-state index contributed by atoms with van der Waals surface area (Å²) >= 11 is 4.80. The molecule has 0 fully saturated rings. The summed E-state index contributed by atoms with van der Waals surface area (Å²) in [6.07, 6.45) is 2.71. The fourth-order valence-electron chi connectivity index (χ4n) is 1.75. The van der Waals surface area contributed by atoms with E-state index in [1.165, 1.54) is 11.3 Å². The zero-order chi connectivity index (χ0) is 20.6. The molecule has 0 bridgehead atoms. The summed E-state index contributed by atoms with van der Waals surface area (Å²) in [4.78, 5) is 16.3. The van der Waals surface area contributed by atoms with E-state index in [4.69, 9.17) is 4.74 Å². The number of carbonyl (C=O) groups excluding carboxylic acids is 1. The minimum absolute atomic E-state index is 0.301. The molecule has 1 atom stereocenters. The van der Waals surface area contributed by atoms with Gasteiger partial charge in [-0.2, -0.15) is 0 Å². The van der Waals surface area contributed by atoms with Crippen molar-refractivity contribution in [2.75, 3.05) is 12.4 Å². The smallest absolute Gasteiger partial charge is 0.211 e. The van der Waals surface area contributed by atoms with Gasteiger partial charge < -0.3 is 10.1 Å². The van der Waals surface area contributed by atoms with Gasteiger partial charge in [0.25, 0.3) is 0 Å². The number of ether oxygens (including phenoxy) is 1. The first-order valence-corrected chi connectivity index (χ1v) is 11.0. The fraction of sp³-hybridized carbons (Fsp3) is 0.444. The van der Waals surface area contributed by atoms with Crippen LogP contribution in [0.5, 0.6) is 0 Å². The van der Waals surface area contributed by atoms with Gasteiger partial charge in [0.05, 0.1) is 15.9 Å². The predicted octanol–water partition coefficient (Wildman–Crippen LogP) is 4.59. The van der Waals surface area contributed by atoms with E-state index in [2.05, 4.69) is 31.0 Å². The van der Waals surface area contributed by atoms with Crippen molar-refractivity contribution in [1.29, 1.82) is 0 Å². The quantitative estimate of drug-likeness (QED) is 0.598. The molecule has 2 N–H and O–H groups in total. The number of hydrogen-bond acceptors (Lipinski definition) is 5. The number of amides is 1. The Hall–Kier alpha value is -1.13. The number of aromatic nitrogens is 1. The number of thiazole rings is 1. The van der Waals surface area contributed by atoms with Crippen LogP contribution in [0.15, 0.2) is 33.2 Å².